The monoisotopic (exact) mass is 804 g/mol. The fraction of sp³-hybridized carbons (Fsp3) is 0.905. The van der Waals surface area contributed by atoms with E-state index in [0.29, 0.717) is 44.3 Å². The van der Waals surface area contributed by atoms with Crippen LogP contribution in [0.1, 0.15) is 92.4 Å². The number of likely N-dealkylation sites (N-methyl/N-ethyl adjacent to an activating group) is 1. The van der Waals surface area contributed by atoms with Crippen molar-refractivity contribution in [2.45, 2.75) is 172 Å². The maximum atomic E-state index is 14.9. The highest BCUT2D eigenvalue weighted by Crippen LogP contribution is 2.58. The van der Waals surface area contributed by atoms with Gasteiger partial charge in [0.2, 0.25) is 0 Å². The minimum atomic E-state index is -1.01. The van der Waals surface area contributed by atoms with Gasteiger partial charge >= 0.3 is 5.97 Å². The van der Waals surface area contributed by atoms with Crippen molar-refractivity contribution in [2.24, 2.45) is 40.6 Å². The van der Waals surface area contributed by atoms with Crippen molar-refractivity contribution < 1.29 is 52.6 Å². The van der Waals surface area contributed by atoms with Crippen molar-refractivity contribution in [2.75, 3.05) is 34.9 Å². The van der Waals surface area contributed by atoms with Crippen LogP contribution in [0.2, 0.25) is 0 Å². The van der Waals surface area contributed by atoms with E-state index in [-0.39, 0.29) is 72.5 Å². The Labute approximate surface area is 338 Å². The number of ketones is 1. The fourth-order valence-electron chi connectivity index (χ4n) is 11.3. The largest absolute Gasteiger partial charge is 0.462 e. The molecule has 0 bridgehead atoms. The molecule has 3 aliphatic heterocycles. The van der Waals surface area contributed by atoms with E-state index in [4.69, 9.17) is 37.9 Å². The van der Waals surface area contributed by atoms with Gasteiger partial charge in [-0.25, -0.2) is 0 Å². The van der Waals surface area contributed by atoms with Crippen LogP contribution in [-0.2, 0) is 47.5 Å². The number of esters is 1. The Morgan fingerprint density at radius 2 is 1.68 bits per heavy atom. The van der Waals surface area contributed by atoms with Crippen LogP contribution in [0.3, 0.4) is 0 Å². The number of hydrogen-bond donors (Lipinski definition) is 1. The van der Waals surface area contributed by atoms with E-state index in [1.54, 1.807) is 14.2 Å². The molecule has 0 amide bonds. The van der Waals surface area contributed by atoms with Crippen LogP contribution in [0, 0.1) is 35.5 Å². The molecule has 19 atom stereocenters. The van der Waals surface area contributed by atoms with Gasteiger partial charge in [-0.1, -0.05) is 25.0 Å². The molecule has 5 fully saturated rings. The van der Waals surface area contributed by atoms with Gasteiger partial charge in [0.05, 0.1) is 43.0 Å². The number of carbonyl (C=O) groups is 2. The maximum absolute atomic E-state index is 14.9. The van der Waals surface area contributed by atoms with E-state index >= 15 is 0 Å². The summed E-state index contributed by atoms with van der Waals surface area (Å²) in [5, 5.41) is 16.3. The summed E-state index contributed by atoms with van der Waals surface area (Å²) in [7, 11) is 7.34. The van der Waals surface area contributed by atoms with Crippen LogP contribution >= 0.6 is 0 Å². The van der Waals surface area contributed by atoms with Crippen LogP contribution in [0.4, 0.5) is 0 Å². The number of aliphatic hydroxyl groups is 1. The number of ether oxygens (including phenoxy) is 8. The second kappa shape index (κ2) is 19.5. The Bertz CT molecular complexity index is 1460. The van der Waals surface area contributed by atoms with Gasteiger partial charge in [0.15, 0.2) is 18.4 Å². The third kappa shape index (κ3) is 9.28. The van der Waals surface area contributed by atoms with E-state index in [2.05, 4.69) is 35.9 Å². The molecule has 1 N–H and O–H groups in total. The van der Waals surface area contributed by atoms with Crippen molar-refractivity contribution >= 4 is 11.8 Å². The number of hydrogen-bond acceptors (Lipinski definition) is 13. The van der Waals surface area contributed by atoms with Gasteiger partial charge in [-0.15, -0.1) is 0 Å². The number of cyclic esters (lactones) is 1. The molecule has 6 rings (SSSR count). The Morgan fingerprint density at radius 1 is 0.947 bits per heavy atom. The van der Waals surface area contributed by atoms with E-state index in [0.717, 1.165) is 19.3 Å². The number of nitrogens with zero attached hydrogens (tertiary/aromatic N) is 4. The molecule has 3 unspecified atom stereocenters. The zero-order valence-electron chi connectivity index (χ0n) is 35.4. The van der Waals surface area contributed by atoms with Crippen molar-refractivity contribution in [1.82, 2.24) is 4.90 Å². The summed E-state index contributed by atoms with van der Waals surface area (Å²) in [5.41, 5.74) is 10.4. The summed E-state index contributed by atoms with van der Waals surface area (Å²) >= 11 is 0. The molecule has 15 heteroatoms. The lowest BCUT2D eigenvalue weighted by Crippen LogP contribution is -2.60. The first-order chi connectivity index (χ1) is 27.3. The SMILES string of the molecule is CCO[C@H]1C(OC)[C@H](O[C@@H]2C[C@H]3[C@@H](O)[C@@H](N=[N+]=[N-])[C@@H]4[C@@H](C=C5C(=O)[C@H](C)[C@@H](O[C@H]6CC[C@H](N(C)C)C(C)O6)CCC[C@H](CC)OC(=O)C[C@H]54)[C@@H]3C2)OC(C)[C@@H]1OC. The number of aliphatic hydroxyl groups excluding tert-OH is 1. The first-order valence-electron chi connectivity index (χ1n) is 21.5. The second-order valence-corrected chi connectivity index (χ2v) is 17.5. The van der Waals surface area contributed by atoms with Gasteiger partial charge in [-0.2, -0.15) is 0 Å². The maximum Gasteiger partial charge on any atom is 0.306 e. The fourth-order valence-corrected chi connectivity index (χ4v) is 11.3. The summed E-state index contributed by atoms with van der Waals surface area (Å²) in [6, 6.07) is -0.576. The molecular formula is C42H68N4O11. The minimum Gasteiger partial charge on any atom is -0.462 e. The van der Waals surface area contributed by atoms with Crippen LogP contribution in [0.25, 0.3) is 10.4 Å². The summed E-state index contributed by atoms with van der Waals surface area (Å²) in [5.74, 6) is -2.72. The van der Waals surface area contributed by atoms with Crippen LogP contribution in [-0.4, -0.2) is 136 Å². The standard InChI is InChI=1S/C42H68N4O11/c1-10-24-13-12-14-32(57-34-16-15-31(46(6)7)22(4)53-34)21(3)37(48)30-19-27-26-17-25(56-42-41(51-9)40(52-11-2)39(50-8)23(5)54-42)18-29(26)38(49)36(44-45-43)35(27)28(30)20-33(47)55-24/h19,21-29,31-32,34-36,38-42,49H,10-18,20H2,1-9H3/t21-,22?,23?,24+,25+,26+,27+,28-,29-,31+,32+,34+,35-,36+,38-,39+,40-,41?,42+/m1/s1. The lowest BCUT2D eigenvalue weighted by molar-refractivity contribution is -0.317. The molecule has 2 saturated carbocycles. The molecule has 322 valence electrons. The molecule has 0 radical (unpaired) electrons. The normalized spacial score (nSPS) is 45.5. The zero-order valence-corrected chi connectivity index (χ0v) is 35.4. The average Bonchev–Trinajstić information content (AvgIpc) is 3.76. The first-order valence-corrected chi connectivity index (χ1v) is 21.5. The Hall–Kier alpha value is -2.17. The third-order valence-electron chi connectivity index (χ3n) is 14.1. The highest BCUT2D eigenvalue weighted by atomic mass is 16.7. The topological polar surface area (TPSA) is 180 Å². The first kappa shape index (κ1) is 44.4. The highest BCUT2D eigenvalue weighted by Gasteiger charge is 2.59. The van der Waals surface area contributed by atoms with Crippen LogP contribution in [0.5, 0.6) is 0 Å². The molecule has 15 nitrogen and oxygen atoms in total. The second-order valence-electron chi connectivity index (χ2n) is 17.5. The van der Waals surface area contributed by atoms with Crippen molar-refractivity contribution in [3.8, 4) is 0 Å². The van der Waals surface area contributed by atoms with E-state index in [1.807, 2.05) is 33.8 Å². The van der Waals surface area contributed by atoms with Gasteiger partial charge in [0.1, 0.15) is 24.4 Å². The quantitative estimate of drug-likeness (QED) is 0.123. The number of methoxy groups -OCH3 is 2. The lowest BCUT2D eigenvalue weighted by Gasteiger charge is -2.45. The van der Waals surface area contributed by atoms with E-state index in [9.17, 15) is 20.2 Å². The molecule has 57 heavy (non-hydrogen) atoms. The number of Topliss-reactive ketones (excluding diaryl/α,β-unsaturated/α-hetero) is 1. The predicted octanol–water partition coefficient (Wildman–Crippen LogP) is 5.36. The van der Waals surface area contributed by atoms with Crippen LogP contribution in [0.15, 0.2) is 16.8 Å². The van der Waals surface area contributed by atoms with Gasteiger partial charge in [0.25, 0.3) is 0 Å². The highest BCUT2D eigenvalue weighted by molar-refractivity contribution is 5.99. The predicted molar refractivity (Wildman–Crippen MR) is 209 cm³/mol. The lowest BCUT2D eigenvalue weighted by atomic mass is 9.62. The molecule has 3 aliphatic carbocycles. The molecule has 3 saturated heterocycles. The van der Waals surface area contributed by atoms with Gasteiger partial charge in [0, 0.05) is 43.6 Å². The van der Waals surface area contributed by atoms with Crippen molar-refractivity contribution in [3.63, 3.8) is 0 Å². The molecule has 3 heterocycles. The number of azide groups is 1. The third-order valence-corrected chi connectivity index (χ3v) is 14.1. The van der Waals surface area contributed by atoms with E-state index in [1.165, 1.54) is 0 Å². The Kier molecular flexibility index (Phi) is 15.2. The number of carbonyl (C=O) groups excluding carboxylic acids is 2. The molecule has 6 aliphatic rings. The van der Waals surface area contributed by atoms with Gasteiger partial charge < -0.3 is 47.9 Å². The molecule has 0 aromatic rings. The molecule has 0 aromatic heterocycles. The summed E-state index contributed by atoms with van der Waals surface area (Å²) in [4.78, 5) is 34.0. The average molecular weight is 805 g/mol. The van der Waals surface area contributed by atoms with Crippen molar-refractivity contribution in [3.05, 3.63) is 22.1 Å². The number of rotatable bonds is 11. The van der Waals surface area contributed by atoms with Crippen LogP contribution < -0.4 is 0 Å². The number of allylic oxidation sites excluding steroid dienone is 2. The van der Waals surface area contributed by atoms with E-state index < -0.39 is 60.8 Å². The van der Waals surface area contributed by atoms with Crippen molar-refractivity contribution in [1.29, 1.82) is 0 Å². The molecule has 0 spiro atoms. The smallest absolute Gasteiger partial charge is 0.306 e. The molecule has 0 aromatic carbocycles. The number of fused-ring (bicyclic) bond motifs is 5. The zero-order chi connectivity index (χ0) is 41.1. The summed E-state index contributed by atoms with van der Waals surface area (Å²) in [6.45, 7) is 10.3. The minimum absolute atomic E-state index is 0.0250. The Balaban J connectivity index is 1.29. The molecular weight excluding hydrogens is 736 g/mol. The summed E-state index contributed by atoms with van der Waals surface area (Å²) < 4.78 is 49.9. The van der Waals surface area contributed by atoms with Gasteiger partial charge in [-0.3, -0.25) is 9.59 Å². The summed E-state index contributed by atoms with van der Waals surface area (Å²) in [6.07, 6.45) is 2.47. The van der Waals surface area contributed by atoms with Gasteiger partial charge in [-0.05, 0) is 121 Å². The Morgan fingerprint density at radius 3 is 2.33 bits per heavy atom.